The molecule has 10 heteroatoms. The first-order valence-electron chi connectivity index (χ1n) is 7.99. The van der Waals surface area contributed by atoms with E-state index >= 15 is 0 Å². The van der Waals surface area contributed by atoms with Crippen molar-refractivity contribution in [2.45, 2.75) is 6.42 Å². The summed E-state index contributed by atoms with van der Waals surface area (Å²) in [6.07, 6.45) is 0.118. The highest BCUT2D eigenvalue weighted by Crippen LogP contribution is 2.40. The number of H-pyrrole nitrogens is 1. The van der Waals surface area contributed by atoms with Crippen LogP contribution in [0.2, 0.25) is 5.02 Å². The smallest absolute Gasteiger partial charge is 0.283 e. The summed E-state index contributed by atoms with van der Waals surface area (Å²) >= 11 is 12.5. The van der Waals surface area contributed by atoms with Crippen molar-refractivity contribution in [2.24, 2.45) is 10.2 Å². The van der Waals surface area contributed by atoms with Crippen molar-refractivity contribution < 1.29 is 14.7 Å². The molecule has 0 bridgehead atoms. The molecule has 1 heterocycles. The number of hydrogen-bond donors (Lipinski definition) is 3. The molecular weight excluding hydrogens is 515 g/mol. The number of hydrogen-bond acceptors (Lipinski definition) is 4. The van der Waals surface area contributed by atoms with Gasteiger partial charge in [0.2, 0.25) is 11.8 Å². The second kappa shape index (κ2) is 8.85. The maximum absolute atomic E-state index is 11.9. The number of aromatic hydroxyl groups is 1. The molecule has 3 N–H and O–H groups in total. The van der Waals surface area contributed by atoms with Gasteiger partial charge in [0.1, 0.15) is 6.54 Å². The van der Waals surface area contributed by atoms with E-state index in [0.29, 0.717) is 15.9 Å². The van der Waals surface area contributed by atoms with Crippen molar-refractivity contribution in [3.05, 3.63) is 55.9 Å². The highest BCUT2D eigenvalue weighted by Gasteiger charge is 2.14. The molecule has 0 atom stereocenters. The molecule has 7 nitrogen and oxygen atoms in total. The molecule has 3 rings (SSSR count). The number of benzene rings is 2. The summed E-state index contributed by atoms with van der Waals surface area (Å²) in [6.45, 7) is -0.299. The molecule has 0 radical (unpaired) electrons. The second-order valence-electron chi connectivity index (χ2n) is 5.81. The fourth-order valence-electron chi connectivity index (χ4n) is 2.46. The van der Waals surface area contributed by atoms with Crippen molar-refractivity contribution in [3.63, 3.8) is 0 Å². The Hall–Kier alpha value is -2.23. The van der Waals surface area contributed by atoms with Crippen LogP contribution in [0, 0.1) is 0 Å². The molecule has 2 aromatic carbocycles. The van der Waals surface area contributed by atoms with Crippen LogP contribution in [0.4, 0.5) is 5.69 Å². The number of carbonyl (C=O) groups excluding carboxylic acids is 2. The van der Waals surface area contributed by atoms with Gasteiger partial charge in [-0.1, -0.05) is 39.7 Å². The van der Waals surface area contributed by atoms with Crippen molar-refractivity contribution in [1.29, 1.82) is 0 Å². The molecule has 2 amide bonds. The zero-order valence-electron chi connectivity index (χ0n) is 14.2. The van der Waals surface area contributed by atoms with Gasteiger partial charge in [-0.05, 0) is 45.8 Å². The predicted octanol–water partition coefficient (Wildman–Crippen LogP) is 5.02. The lowest BCUT2D eigenvalue weighted by Gasteiger charge is -2.03. The Balaban J connectivity index is 1.62. The summed E-state index contributed by atoms with van der Waals surface area (Å²) in [5, 5.41) is 21.1. The van der Waals surface area contributed by atoms with Gasteiger partial charge in [0.25, 0.3) is 5.91 Å². The largest absolute Gasteiger partial charge is 0.493 e. The quantitative estimate of drug-likeness (QED) is 0.405. The van der Waals surface area contributed by atoms with Gasteiger partial charge < -0.3 is 15.4 Å². The molecule has 0 unspecified atom stereocenters. The van der Waals surface area contributed by atoms with Gasteiger partial charge in [0.15, 0.2) is 5.69 Å². The molecule has 1 aromatic heterocycles. The van der Waals surface area contributed by atoms with Gasteiger partial charge in [-0.25, -0.2) is 0 Å². The molecule has 0 aliphatic carbocycles. The molecule has 0 saturated heterocycles. The fraction of sp³-hybridized carbons (Fsp3) is 0.111. The monoisotopic (exact) mass is 526 g/mol. The summed E-state index contributed by atoms with van der Waals surface area (Å²) in [5.74, 6) is -1.18. The minimum absolute atomic E-state index is 0.118. The molecule has 0 saturated carbocycles. The number of aromatic nitrogens is 1. The Morgan fingerprint density at radius 2 is 1.89 bits per heavy atom. The van der Waals surface area contributed by atoms with Gasteiger partial charge in [-0.2, -0.15) is 0 Å². The molecule has 0 spiro atoms. The van der Waals surface area contributed by atoms with Crippen molar-refractivity contribution in [1.82, 2.24) is 10.3 Å². The first kappa shape index (κ1) is 20.5. The Labute approximate surface area is 181 Å². The maximum atomic E-state index is 11.9. The number of fused-ring (bicyclic) bond motifs is 1. The first-order valence-corrected chi connectivity index (χ1v) is 9.95. The SMILES string of the molecule is O=C(CNC(=O)Cc1ccc(Cl)cc1)N=Nc1c(O)[nH]c2c(Br)cc(Br)cc12. The van der Waals surface area contributed by atoms with E-state index in [1.807, 2.05) is 0 Å². The predicted molar refractivity (Wildman–Crippen MR) is 113 cm³/mol. The van der Waals surface area contributed by atoms with Gasteiger partial charge in [-0.15, -0.1) is 10.2 Å². The highest BCUT2D eigenvalue weighted by atomic mass is 79.9. The van der Waals surface area contributed by atoms with E-state index in [-0.39, 0.29) is 30.4 Å². The summed E-state index contributed by atoms with van der Waals surface area (Å²) in [5.41, 5.74) is 1.53. The van der Waals surface area contributed by atoms with Crippen LogP contribution >= 0.6 is 43.5 Å². The lowest BCUT2D eigenvalue weighted by molar-refractivity contribution is -0.124. The summed E-state index contributed by atoms with van der Waals surface area (Å²) in [4.78, 5) is 26.6. The second-order valence-corrected chi connectivity index (χ2v) is 8.01. The minimum atomic E-state index is -0.646. The Kier molecular flexibility index (Phi) is 6.48. The third-order valence-electron chi connectivity index (χ3n) is 3.75. The van der Waals surface area contributed by atoms with Crippen LogP contribution in [0.25, 0.3) is 10.9 Å². The van der Waals surface area contributed by atoms with E-state index in [9.17, 15) is 14.7 Å². The number of nitrogens with one attached hydrogen (secondary N) is 2. The lowest BCUT2D eigenvalue weighted by atomic mass is 10.1. The van der Waals surface area contributed by atoms with Gasteiger partial charge in [-0.3, -0.25) is 9.59 Å². The minimum Gasteiger partial charge on any atom is -0.493 e. The van der Waals surface area contributed by atoms with Crippen molar-refractivity contribution in [2.75, 3.05) is 6.54 Å². The van der Waals surface area contributed by atoms with Gasteiger partial charge in [0, 0.05) is 19.4 Å². The average molecular weight is 529 g/mol. The number of rotatable bonds is 5. The molecule has 0 fully saturated rings. The lowest BCUT2D eigenvalue weighted by Crippen LogP contribution is -2.29. The summed E-state index contributed by atoms with van der Waals surface area (Å²) < 4.78 is 1.48. The normalized spacial score (nSPS) is 11.2. The van der Waals surface area contributed by atoms with Crippen LogP contribution in [-0.2, 0) is 16.0 Å². The van der Waals surface area contributed by atoms with Crippen molar-refractivity contribution in [3.8, 4) is 5.88 Å². The topological polar surface area (TPSA) is 107 Å². The number of nitrogens with zero attached hydrogens (tertiary/aromatic N) is 2. The highest BCUT2D eigenvalue weighted by molar-refractivity contribution is 9.11. The van der Waals surface area contributed by atoms with Crippen LogP contribution in [0.15, 0.2) is 55.6 Å². The van der Waals surface area contributed by atoms with Crippen LogP contribution in [-0.4, -0.2) is 28.4 Å². The van der Waals surface area contributed by atoms with E-state index in [4.69, 9.17) is 11.6 Å². The molecule has 0 aliphatic heterocycles. The first-order chi connectivity index (χ1) is 13.3. The van der Waals surface area contributed by atoms with E-state index in [2.05, 4.69) is 52.4 Å². The summed E-state index contributed by atoms with van der Waals surface area (Å²) in [7, 11) is 0. The van der Waals surface area contributed by atoms with E-state index < -0.39 is 5.91 Å². The zero-order valence-corrected chi connectivity index (χ0v) is 18.1. The third kappa shape index (κ3) is 4.98. The van der Waals surface area contributed by atoms with Gasteiger partial charge in [0.05, 0.1) is 11.9 Å². The molecule has 144 valence electrons. The van der Waals surface area contributed by atoms with Crippen LogP contribution in [0.3, 0.4) is 0 Å². The Bertz CT molecular complexity index is 1080. The number of carbonyl (C=O) groups is 2. The number of halogens is 3. The molecule has 28 heavy (non-hydrogen) atoms. The zero-order chi connectivity index (χ0) is 20.3. The van der Waals surface area contributed by atoms with Crippen molar-refractivity contribution >= 4 is 71.9 Å². The van der Waals surface area contributed by atoms with E-state index in [0.717, 1.165) is 14.5 Å². The molecule has 3 aromatic rings. The maximum Gasteiger partial charge on any atom is 0.283 e. The number of aromatic amines is 1. The van der Waals surface area contributed by atoms with Crippen LogP contribution < -0.4 is 5.32 Å². The fourth-order valence-corrected chi connectivity index (χ4v) is 3.91. The average Bonchev–Trinajstić information content (AvgIpc) is 2.96. The number of amides is 2. The standard InChI is InChI=1S/C18H13Br2ClN4O3/c19-10-6-12-16(13(20)7-10)23-18(28)17(12)25-24-15(27)8-22-14(26)5-9-1-3-11(21)4-2-9/h1-4,6-7,23,28H,5,8H2,(H,22,26). The van der Waals surface area contributed by atoms with E-state index in [1.54, 1.807) is 36.4 Å². The summed E-state index contributed by atoms with van der Waals surface area (Å²) in [6, 6.07) is 10.4. The van der Waals surface area contributed by atoms with Gasteiger partial charge >= 0.3 is 0 Å². The molecular formula is C18H13Br2ClN4O3. The van der Waals surface area contributed by atoms with E-state index in [1.165, 1.54) is 0 Å². The van der Waals surface area contributed by atoms with Crippen LogP contribution in [0.1, 0.15) is 5.56 Å². The Morgan fingerprint density at radius 1 is 1.18 bits per heavy atom. The Morgan fingerprint density at radius 3 is 2.61 bits per heavy atom. The number of azo groups is 1. The third-order valence-corrected chi connectivity index (χ3v) is 5.09. The van der Waals surface area contributed by atoms with Crippen LogP contribution in [0.5, 0.6) is 5.88 Å². The molecule has 0 aliphatic rings.